The lowest BCUT2D eigenvalue weighted by atomic mass is 10.5. The number of nitrogens with one attached hydrogen (secondary N) is 1. The largest absolute Gasteiger partial charge is 0.461 e. The smallest absolute Gasteiger partial charge is 0.357 e. The molecule has 0 aromatic carbocycles. The van der Waals surface area contributed by atoms with Crippen LogP contribution in [0.1, 0.15) is 23.8 Å². The highest BCUT2D eigenvalue weighted by atomic mass is 32.2. The Morgan fingerprint density at radius 1 is 1.69 bits per heavy atom. The summed E-state index contributed by atoms with van der Waals surface area (Å²) in [5.41, 5.74) is 0.388. The number of anilines is 1. The summed E-state index contributed by atoms with van der Waals surface area (Å²) in [6.07, 6.45) is 3.18. The Morgan fingerprint density at radius 3 is 3.19 bits per heavy atom. The lowest BCUT2D eigenvalue weighted by Crippen LogP contribution is -2.06. The monoisotopic (exact) mass is 260 g/mol. The molecule has 16 heavy (non-hydrogen) atoms. The number of hydrogen-bond donors (Lipinski definition) is 1. The van der Waals surface area contributed by atoms with Crippen molar-refractivity contribution in [2.45, 2.75) is 13.3 Å². The summed E-state index contributed by atoms with van der Waals surface area (Å²) in [7, 11) is 0. The van der Waals surface area contributed by atoms with Crippen molar-refractivity contribution in [3.63, 3.8) is 0 Å². The van der Waals surface area contributed by atoms with Crippen LogP contribution < -0.4 is 5.32 Å². The van der Waals surface area contributed by atoms with Gasteiger partial charge in [-0.2, -0.15) is 11.8 Å². The van der Waals surface area contributed by atoms with Gasteiger partial charge < -0.3 is 10.1 Å². The molecule has 0 saturated heterocycles. The Morgan fingerprint density at radius 2 is 2.50 bits per heavy atom. The van der Waals surface area contributed by atoms with Gasteiger partial charge in [0.05, 0.1) is 6.61 Å². The first kappa shape index (κ1) is 13.3. The van der Waals surface area contributed by atoms with Crippen molar-refractivity contribution in [3.8, 4) is 0 Å². The van der Waals surface area contributed by atoms with Crippen LogP contribution in [0.4, 0.5) is 5.13 Å². The average molecular weight is 260 g/mol. The first-order valence-corrected chi connectivity index (χ1v) is 7.40. The number of ether oxygens (including phenoxy) is 1. The van der Waals surface area contributed by atoms with E-state index in [1.54, 1.807) is 12.3 Å². The van der Waals surface area contributed by atoms with E-state index < -0.39 is 0 Å². The summed E-state index contributed by atoms with van der Waals surface area (Å²) < 4.78 is 4.86. The Hall–Kier alpha value is -0.750. The van der Waals surface area contributed by atoms with E-state index in [0.717, 1.165) is 23.8 Å². The summed E-state index contributed by atoms with van der Waals surface area (Å²) in [4.78, 5) is 15.5. The molecule has 0 aliphatic carbocycles. The van der Waals surface area contributed by atoms with E-state index in [9.17, 15) is 4.79 Å². The van der Waals surface area contributed by atoms with Crippen molar-refractivity contribution in [1.82, 2.24) is 4.98 Å². The molecule has 0 amide bonds. The van der Waals surface area contributed by atoms with Gasteiger partial charge >= 0.3 is 5.97 Å². The predicted octanol–water partition coefficient (Wildman–Crippen LogP) is 2.48. The minimum absolute atomic E-state index is 0.351. The Balaban J connectivity index is 2.36. The third-order valence-electron chi connectivity index (χ3n) is 1.79. The number of carbonyl (C=O) groups excluding carboxylic acids is 1. The standard InChI is InChI=1S/C10H16N2O2S2/c1-3-14-9(13)8-7-16-10(12-8)11-5-4-6-15-2/h7H,3-6H2,1-2H3,(H,11,12). The number of carbonyl (C=O) groups is 1. The summed E-state index contributed by atoms with van der Waals surface area (Å²) in [6, 6.07) is 0. The minimum Gasteiger partial charge on any atom is -0.461 e. The maximum atomic E-state index is 11.3. The number of nitrogens with zero attached hydrogens (tertiary/aromatic N) is 1. The lowest BCUT2D eigenvalue weighted by Gasteiger charge is -2.00. The van der Waals surface area contributed by atoms with E-state index in [1.165, 1.54) is 11.3 Å². The molecule has 0 saturated carbocycles. The zero-order chi connectivity index (χ0) is 11.8. The molecule has 1 heterocycles. The van der Waals surface area contributed by atoms with Crippen LogP contribution in [0.25, 0.3) is 0 Å². The average Bonchev–Trinajstić information content (AvgIpc) is 2.73. The van der Waals surface area contributed by atoms with E-state index in [0.29, 0.717) is 12.3 Å². The molecule has 0 aliphatic heterocycles. The van der Waals surface area contributed by atoms with Crippen LogP contribution in [0, 0.1) is 0 Å². The van der Waals surface area contributed by atoms with Crippen molar-refractivity contribution in [2.24, 2.45) is 0 Å². The zero-order valence-corrected chi connectivity index (χ0v) is 11.1. The van der Waals surface area contributed by atoms with Crippen LogP contribution in [0.5, 0.6) is 0 Å². The van der Waals surface area contributed by atoms with Gasteiger partial charge in [0.1, 0.15) is 0 Å². The fourth-order valence-electron chi connectivity index (χ4n) is 1.07. The van der Waals surface area contributed by atoms with Crippen molar-refractivity contribution in [1.29, 1.82) is 0 Å². The van der Waals surface area contributed by atoms with E-state index in [1.807, 2.05) is 11.8 Å². The Labute approximate surface area is 104 Å². The highest BCUT2D eigenvalue weighted by Crippen LogP contribution is 2.16. The van der Waals surface area contributed by atoms with Crippen LogP contribution in [0.3, 0.4) is 0 Å². The van der Waals surface area contributed by atoms with E-state index >= 15 is 0 Å². The molecule has 1 rings (SSSR count). The second-order valence-corrected chi connectivity index (χ2v) is 4.88. The van der Waals surface area contributed by atoms with Gasteiger partial charge in [-0.15, -0.1) is 11.3 Å². The molecule has 0 aliphatic rings. The molecule has 1 aromatic heterocycles. The number of aromatic nitrogens is 1. The van der Waals surface area contributed by atoms with E-state index in [-0.39, 0.29) is 5.97 Å². The number of thioether (sulfide) groups is 1. The second-order valence-electron chi connectivity index (χ2n) is 3.03. The molecule has 0 spiro atoms. The maximum absolute atomic E-state index is 11.3. The fourth-order valence-corrected chi connectivity index (χ4v) is 2.21. The molecule has 4 nitrogen and oxygen atoms in total. The summed E-state index contributed by atoms with van der Waals surface area (Å²) >= 11 is 3.25. The van der Waals surface area contributed by atoms with Gasteiger partial charge in [0.2, 0.25) is 0 Å². The van der Waals surface area contributed by atoms with E-state index in [2.05, 4.69) is 16.6 Å². The Kier molecular flexibility index (Phi) is 6.25. The first-order valence-electron chi connectivity index (χ1n) is 5.13. The van der Waals surface area contributed by atoms with Crippen LogP contribution in [0.2, 0.25) is 0 Å². The van der Waals surface area contributed by atoms with Crippen molar-refractivity contribution < 1.29 is 9.53 Å². The topological polar surface area (TPSA) is 51.2 Å². The normalized spacial score (nSPS) is 10.1. The molecular formula is C10H16N2O2S2. The molecule has 90 valence electrons. The van der Waals surface area contributed by atoms with Crippen molar-refractivity contribution in [3.05, 3.63) is 11.1 Å². The van der Waals surface area contributed by atoms with Crippen LogP contribution in [0.15, 0.2) is 5.38 Å². The van der Waals surface area contributed by atoms with Gasteiger partial charge in [-0.3, -0.25) is 0 Å². The molecule has 0 bridgehead atoms. The third-order valence-corrected chi connectivity index (χ3v) is 3.29. The maximum Gasteiger partial charge on any atom is 0.357 e. The van der Waals surface area contributed by atoms with Crippen molar-refractivity contribution >= 4 is 34.2 Å². The van der Waals surface area contributed by atoms with Gasteiger partial charge in [-0.05, 0) is 25.4 Å². The minimum atomic E-state index is -0.351. The Bertz CT molecular complexity index is 328. The first-order chi connectivity index (χ1) is 7.77. The molecule has 1 aromatic rings. The third kappa shape index (κ3) is 4.40. The molecule has 1 N–H and O–H groups in total. The summed E-state index contributed by atoms with van der Waals surface area (Å²) in [6.45, 7) is 3.05. The number of rotatable bonds is 7. The van der Waals surface area contributed by atoms with Gasteiger partial charge in [0.15, 0.2) is 10.8 Å². The summed E-state index contributed by atoms with van der Waals surface area (Å²) in [5, 5.41) is 5.68. The summed E-state index contributed by atoms with van der Waals surface area (Å²) in [5.74, 6) is 0.777. The number of hydrogen-bond acceptors (Lipinski definition) is 6. The number of thiazole rings is 1. The van der Waals surface area contributed by atoms with Crippen LogP contribution in [-0.2, 0) is 4.74 Å². The van der Waals surface area contributed by atoms with Gasteiger partial charge in [0.25, 0.3) is 0 Å². The van der Waals surface area contributed by atoms with Gasteiger partial charge in [-0.1, -0.05) is 0 Å². The van der Waals surface area contributed by atoms with Crippen molar-refractivity contribution in [2.75, 3.05) is 30.5 Å². The second kappa shape index (κ2) is 7.51. The SMILES string of the molecule is CCOC(=O)c1csc(NCCCSC)n1. The molecule has 0 atom stereocenters. The fraction of sp³-hybridized carbons (Fsp3) is 0.600. The molecule has 0 unspecified atom stereocenters. The molecular weight excluding hydrogens is 244 g/mol. The van der Waals surface area contributed by atoms with E-state index in [4.69, 9.17) is 4.74 Å². The molecule has 6 heteroatoms. The highest BCUT2D eigenvalue weighted by molar-refractivity contribution is 7.98. The van der Waals surface area contributed by atoms with Crippen LogP contribution in [-0.4, -0.2) is 36.1 Å². The molecule has 0 fully saturated rings. The molecule has 0 radical (unpaired) electrons. The van der Waals surface area contributed by atoms with Crippen LogP contribution >= 0.6 is 23.1 Å². The van der Waals surface area contributed by atoms with Gasteiger partial charge in [0, 0.05) is 11.9 Å². The predicted molar refractivity (Wildman–Crippen MR) is 69.6 cm³/mol. The quantitative estimate of drug-likeness (QED) is 0.603. The highest BCUT2D eigenvalue weighted by Gasteiger charge is 2.10. The zero-order valence-electron chi connectivity index (χ0n) is 9.49. The van der Waals surface area contributed by atoms with Gasteiger partial charge in [-0.25, -0.2) is 9.78 Å². The lowest BCUT2D eigenvalue weighted by molar-refractivity contribution is 0.0520. The number of esters is 1.